The van der Waals surface area contributed by atoms with Gasteiger partial charge in [0.25, 0.3) is 0 Å². The minimum atomic E-state index is 0. The van der Waals surface area contributed by atoms with E-state index in [4.69, 9.17) is 0 Å². The second-order valence-corrected chi connectivity index (χ2v) is 5.85. The van der Waals surface area contributed by atoms with Gasteiger partial charge in [-0.25, -0.2) is 4.98 Å². The molecule has 0 aromatic carbocycles. The zero-order valence-corrected chi connectivity index (χ0v) is 13.6. The summed E-state index contributed by atoms with van der Waals surface area (Å²) in [7, 11) is 0. The number of carbonyl (C=O) groups excluding carboxylic acids is 1. The lowest BCUT2D eigenvalue weighted by Gasteiger charge is -2.23. The topological polar surface area (TPSA) is 54.0 Å². The number of thiazole rings is 1. The van der Waals surface area contributed by atoms with Gasteiger partial charge >= 0.3 is 0 Å². The molecule has 0 radical (unpaired) electrons. The molecule has 1 amide bonds. The molecular formula is C12H21Cl2N3OS. The Labute approximate surface area is 130 Å². The van der Waals surface area contributed by atoms with Gasteiger partial charge in [0.15, 0.2) is 0 Å². The highest BCUT2D eigenvalue weighted by molar-refractivity contribution is 7.11. The Morgan fingerprint density at radius 3 is 2.84 bits per heavy atom. The zero-order chi connectivity index (χ0) is 12.3. The lowest BCUT2D eigenvalue weighted by atomic mass is 9.98. The van der Waals surface area contributed by atoms with Crippen molar-refractivity contribution in [3.8, 4) is 0 Å². The average Bonchev–Trinajstić information content (AvgIpc) is 2.77. The molecule has 0 bridgehead atoms. The summed E-state index contributed by atoms with van der Waals surface area (Å²) in [6.07, 6.45) is 3.93. The van der Waals surface area contributed by atoms with E-state index in [9.17, 15) is 4.79 Å². The average molecular weight is 326 g/mol. The van der Waals surface area contributed by atoms with E-state index in [0.717, 1.165) is 30.9 Å². The van der Waals surface area contributed by atoms with Crippen LogP contribution in [0.15, 0.2) is 6.20 Å². The van der Waals surface area contributed by atoms with Crippen LogP contribution in [0.3, 0.4) is 0 Å². The van der Waals surface area contributed by atoms with Crippen molar-refractivity contribution in [2.75, 3.05) is 13.1 Å². The predicted octanol–water partition coefficient (Wildman–Crippen LogP) is 2.47. The largest absolute Gasteiger partial charge is 0.347 e. The molecule has 2 rings (SSSR count). The fourth-order valence-electron chi connectivity index (χ4n) is 2.04. The highest BCUT2D eigenvalue weighted by Crippen LogP contribution is 2.20. The van der Waals surface area contributed by atoms with Crippen LogP contribution in [-0.2, 0) is 4.79 Å². The normalized spacial score (nSPS) is 19.8. The molecule has 1 aliphatic heterocycles. The molecule has 2 atom stereocenters. The molecule has 1 saturated heterocycles. The number of piperidine rings is 1. The van der Waals surface area contributed by atoms with Crippen LogP contribution in [0.2, 0.25) is 0 Å². The van der Waals surface area contributed by atoms with Gasteiger partial charge in [0.2, 0.25) is 5.91 Å². The van der Waals surface area contributed by atoms with Crippen LogP contribution in [0.25, 0.3) is 0 Å². The van der Waals surface area contributed by atoms with E-state index in [1.54, 1.807) is 11.3 Å². The van der Waals surface area contributed by atoms with Gasteiger partial charge in [-0.3, -0.25) is 4.79 Å². The lowest BCUT2D eigenvalue weighted by molar-refractivity contribution is -0.126. The molecule has 7 heteroatoms. The van der Waals surface area contributed by atoms with Crippen molar-refractivity contribution >= 4 is 42.1 Å². The van der Waals surface area contributed by atoms with Crippen molar-refractivity contribution in [2.45, 2.75) is 32.7 Å². The highest BCUT2D eigenvalue weighted by atomic mass is 35.5. The van der Waals surface area contributed by atoms with E-state index in [-0.39, 0.29) is 42.7 Å². The van der Waals surface area contributed by atoms with Gasteiger partial charge in [-0.15, -0.1) is 36.2 Å². The number of aryl methyl sites for hydroxylation is 1. The van der Waals surface area contributed by atoms with Crippen molar-refractivity contribution in [1.82, 2.24) is 15.6 Å². The number of rotatable bonds is 3. The molecular weight excluding hydrogens is 305 g/mol. The van der Waals surface area contributed by atoms with Crippen molar-refractivity contribution < 1.29 is 4.79 Å². The van der Waals surface area contributed by atoms with E-state index in [1.807, 2.05) is 20.0 Å². The summed E-state index contributed by atoms with van der Waals surface area (Å²) in [4.78, 5) is 17.5. The monoisotopic (exact) mass is 325 g/mol. The molecule has 0 spiro atoms. The first-order valence-electron chi connectivity index (χ1n) is 6.10. The number of hydrogen-bond donors (Lipinski definition) is 2. The fraction of sp³-hybridized carbons (Fsp3) is 0.667. The Balaban J connectivity index is 0.00000162. The summed E-state index contributed by atoms with van der Waals surface area (Å²) in [5, 5.41) is 7.29. The maximum atomic E-state index is 12.0. The molecule has 1 aliphatic rings. The second-order valence-electron chi connectivity index (χ2n) is 4.58. The first kappa shape index (κ1) is 18.6. The fourth-order valence-corrected chi connectivity index (χ4v) is 2.82. The van der Waals surface area contributed by atoms with E-state index in [1.165, 1.54) is 4.88 Å². The Morgan fingerprint density at radius 1 is 1.58 bits per heavy atom. The van der Waals surface area contributed by atoms with E-state index in [0.29, 0.717) is 0 Å². The first-order chi connectivity index (χ1) is 8.16. The minimum absolute atomic E-state index is 0. The van der Waals surface area contributed by atoms with Gasteiger partial charge < -0.3 is 10.6 Å². The molecule has 2 heterocycles. The van der Waals surface area contributed by atoms with Gasteiger partial charge in [-0.2, -0.15) is 0 Å². The second kappa shape index (κ2) is 8.74. The number of amides is 1. The summed E-state index contributed by atoms with van der Waals surface area (Å²) in [5.41, 5.74) is 0. The van der Waals surface area contributed by atoms with Crippen molar-refractivity contribution in [2.24, 2.45) is 5.92 Å². The third-order valence-electron chi connectivity index (χ3n) is 3.04. The third-order valence-corrected chi connectivity index (χ3v) is 4.13. The van der Waals surface area contributed by atoms with E-state index < -0.39 is 0 Å². The maximum absolute atomic E-state index is 12.0. The SMILES string of the molecule is Cc1cnc(C(C)NC(=O)[C@@H]2CCCNC2)s1.Cl.Cl. The van der Waals surface area contributed by atoms with E-state index >= 15 is 0 Å². The maximum Gasteiger partial charge on any atom is 0.224 e. The van der Waals surface area contributed by atoms with Crippen molar-refractivity contribution in [3.05, 3.63) is 16.1 Å². The number of halogens is 2. The molecule has 1 aromatic rings. The molecule has 1 unspecified atom stereocenters. The van der Waals surface area contributed by atoms with Crippen LogP contribution in [0.5, 0.6) is 0 Å². The molecule has 0 aliphatic carbocycles. The predicted molar refractivity (Wildman–Crippen MR) is 83.5 cm³/mol. The van der Waals surface area contributed by atoms with Gasteiger partial charge in [0.1, 0.15) is 5.01 Å². The molecule has 19 heavy (non-hydrogen) atoms. The van der Waals surface area contributed by atoms with Crippen LogP contribution < -0.4 is 10.6 Å². The van der Waals surface area contributed by atoms with Gasteiger partial charge in [0.05, 0.1) is 12.0 Å². The molecule has 1 aromatic heterocycles. The van der Waals surface area contributed by atoms with Crippen LogP contribution in [0.4, 0.5) is 0 Å². The van der Waals surface area contributed by atoms with Gasteiger partial charge in [-0.1, -0.05) is 0 Å². The Bertz CT molecular complexity index is 394. The number of nitrogens with one attached hydrogen (secondary N) is 2. The minimum Gasteiger partial charge on any atom is -0.347 e. The first-order valence-corrected chi connectivity index (χ1v) is 6.92. The Morgan fingerprint density at radius 2 is 2.32 bits per heavy atom. The van der Waals surface area contributed by atoms with Crippen LogP contribution in [-0.4, -0.2) is 24.0 Å². The quantitative estimate of drug-likeness (QED) is 0.897. The van der Waals surface area contributed by atoms with Gasteiger partial charge in [0, 0.05) is 17.6 Å². The third kappa shape index (κ3) is 5.26. The van der Waals surface area contributed by atoms with Crippen molar-refractivity contribution in [1.29, 1.82) is 0 Å². The number of carbonyl (C=O) groups is 1. The molecule has 2 N–H and O–H groups in total. The van der Waals surface area contributed by atoms with Crippen LogP contribution in [0, 0.1) is 12.8 Å². The van der Waals surface area contributed by atoms with Crippen molar-refractivity contribution in [3.63, 3.8) is 0 Å². The summed E-state index contributed by atoms with van der Waals surface area (Å²) in [5.74, 6) is 0.268. The standard InChI is InChI=1S/C12H19N3OS.2ClH/c1-8-6-14-12(17-8)9(2)15-11(16)10-4-3-5-13-7-10;;/h6,9-10,13H,3-5,7H2,1-2H3,(H,15,16);2*1H/t9?,10-;;/m1../s1. The highest BCUT2D eigenvalue weighted by Gasteiger charge is 2.23. The molecule has 1 fully saturated rings. The number of aromatic nitrogens is 1. The summed E-state index contributed by atoms with van der Waals surface area (Å²) in [6.45, 7) is 5.85. The number of hydrogen-bond acceptors (Lipinski definition) is 4. The smallest absolute Gasteiger partial charge is 0.224 e. The summed E-state index contributed by atoms with van der Waals surface area (Å²) >= 11 is 1.64. The molecule has 110 valence electrons. The van der Waals surface area contributed by atoms with Crippen LogP contribution >= 0.6 is 36.2 Å². The number of nitrogens with zero attached hydrogens (tertiary/aromatic N) is 1. The van der Waals surface area contributed by atoms with Crippen LogP contribution in [0.1, 0.15) is 35.7 Å². The summed E-state index contributed by atoms with van der Waals surface area (Å²) < 4.78 is 0. The Kier molecular flexibility index (Phi) is 8.57. The Hall–Kier alpha value is -0.360. The summed E-state index contributed by atoms with van der Waals surface area (Å²) in [6, 6.07) is 0.0168. The lowest BCUT2D eigenvalue weighted by Crippen LogP contribution is -2.41. The zero-order valence-electron chi connectivity index (χ0n) is 11.1. The molecule has 0 saturated carbocycles. The van der Waals surface area contributed by atoms with Gasteiger partial charge in [-0.05, 0) is 33.2 Å². The van der Waals surface area contributed by atoms with E-state index in [2.05, 4.69) is 15.6 Å². The molecule has 4 nitrogen and oxygen atoms in total.